The summed E-state index contributed by atoms with van der Waals surface area (Å²) in [5.74, 6) is 0.00160. The van der Waals surface area contributed by atoms with Crippen molar-refractivity contribution in [2.24, 2.45) is 11.8 Å². The molecule has 0 radical (unpaired) electrons. The molecule has 3 aliphatic rings. The predicted octanol–water partition coefficient (Wildman–Crippen LogP) is 5.35. The third-order valence-electron chi connectivity index (χ3n) is 8.08. The van der Waals surface area contributed by atoms with Crippen LogP contribution in [0.1, 0.15) is 53.1 Å². The van der Waals surface area contributed by atoms with Gasteiger partial charge in [-0.15, -0.1) is 0 Å². The van der Waals surface area contributed by atoms with Gasteiger partial charge in [0.1, 0.15) is 5.69 Å². The minimum Gasteiger partial charge on any atom is -0.453 e. The van der Waals surface area contributed by atoms with Gasteiger partial charge in [0.2, 0.25) is 18.4 Å². The van der Waals surface area contributed by atoms with Crippen molar-refractivity contribution in [2.45, 2.75) is 32.7 Å². The lowest BCUT2D eigenvalue weighted by Crippen LogP contribution is -2.29. The maximum Gasteiger partial charge on any atom is 0.276 e. The van der Waals surface area contributed by atoms with E-state index in [1.165, 1.54) is 13.1 Å². The highest BCUT2D eigenvalue weighted by Crippen LogP contribution is 2.51. The predicted molar refractivity (Wildman–Crippen MR) is 150 cm³/mol. The van der Waals surface area contributed by atoms with Crippen LogP contribution in [-0.4, -0.2) is 49.9 Å². The second-order valence-corrected chi connectivity index (χ2v) is 11.2. The van der Waals surface area contributed by atoms with E-state index >= 15 is 0 Å². The number of rotatable bonds is 7. The summed E-state index contributed by atoms with van der Waals surface area (Å²) in [6, 6.07) is 1.62. The van der Waals surface area contributed by atoms with Crippen LogP contribution in [-0.2, 0) is 4.79 Å². The van der Waals surface area contributed by atoms with Crippen molar-refractivity contribution in [1.29, 1.82) is 0 Å². The van der Waals surface area contributed by atoms with Crippen LogP contribution in [0.2, 0.25) is 5.02 Å². The van der Waals surface area contributed by atoms with E-state index in [0.29, 0.717) is 41.0 Å². The first-order valence-electron chi connectivity index (χ1n) is 13.7. The third kappa shape index (κ3) is 4.60. The first-order valence-corrected chi connectivity index (χ1v) is 14.1. The number of benzene rings is 1. The lowest BCUT2D eigenvalue weighted by atomic mass is 10.0. The number of carbonyl (C=O) groups is 2. The van der Waals surface area contributed by atoms with Gasteiger partial charge >= 0.3 is 0 Å². The van der Waals surface area contributed by atoms with Crippen LogP contribution >= 0.6 is 11.6 Å². The molecule has 4 aromatic rings. The topological polar surface area (TPSA) is 124 Å². The summed E-state index contributed by atoms with van der Waals surface area (Å²) in [6.07, 6.45) is 3.63. The fourth-order valence-corrected chi connectivity index (χ4v) is 5.76. The highest BCUT2D eigenvalue weighted by atomic mass is 35.5. The van der Waals surface area contributed by atoms with Crippen LogP contribution in [0.25, 0.3) is 11.3 Å². The Hall–Kier alpha value is -4.72. The van der Waals surface area contributed by atoms with Crippen LogP contribution < -0.4 is 19.7 Å². The first kappa shape index (κ1) is 28.1. The molecule has 1 aromatic carbocycles. The molecule has 0 spiro atoms. The van der Waals surface area contributed by atoms with Crippen molar-refractivity contribution in [2.75, 3.05) is 23.6 Å². The number of hydrogen-bond donors (Lipinski definition) is 1. The summed E-state index contributed by atoms with van der Waals surface area (Å²) >= 11 is 5.84. The zero-order valence-electron chi connectivity index (χ0n) is 23.2. The highest BCUT2D eigenvalue weighted by molar-refractivity contribution is 6.31. The van der Waals surface area contributed by atoms with E-state index in [0.717, 1.165) is 24.8 Å². The Morgan fingerprint density at radius 1 is 1.14 bits per heavy atom. The highest BCUT2D eigenvalue weighted by Gasteiger charge is 2.53. The van der Waals surface area contributed by atoms with E-state index < -0.39 is 35.3 Å². The van der Waals surface area contributed by atoms with E-state index in [1.807, 2.05) is 6.92 Å². The molecule has 0 bridgehead atoms. The SMILES string of the molecule is Cc1ncc(-c2c(C(F)F)ccc(Cl)c2F)nc1C(=O)Nc1cnn([C@H](C)c2cnc(N3C[C@H]4C[C@H]4C3=O)c3c2OCO3)c1. The maximum atomic E-state index is 14.8. The lowest BCUT2D eigenvalue weighted by molar-refractivity contribution is -0.118. The Kier molecular flexibility index (Phi) is 6.68. The Labute approximate surface area is 253 Å². The van der Waals surface area contributed by atoms with Crippen LogP contribution in [0.5, 0.6) is 11.5 Å². The van der Waals surface area contributed by atoms with Gasteiger partial charge in [-0.2, -0.15) is 5.10 Å². The molecule has 1 saturated heterocycles. The van der Waals surface area contributed by atoms with Gasteiger partial charge < -0.3 is 14.8 Å². The molecule has 1 N–H and O–H groups in total. The largest absolute Gasteiger partial charge is 0.453 e. The zero-order chi connectivity index (χ0) is 30.9. The van der Waals surface area contributed by atoms with Crippen LogP contribution in [0.3, 0.4) is 0 Å². The normalized spacial score (nSPS) is 19.0. The number of nitrogens with zero attached hydrogens (tertiary/aromatic N) is 6. The monoisotopic (exact) mass is 625 g/mol. The molecule has 3 aromatic heterocycles. The number of ether oxygens (including phenoxy) is 2. The molecule has 15 heteroatoms. The molecule has 226 valence electrons. The number of fused-ring (bicyclic) bond motifs is 2. The quantitative estimate of drug-likeness (QED) is 0.292. The van der Waals surface area contributed by atoms with Gasteiger partial charge in [0.05, 0.1) is 40.5 Å². The second-order valence-electron chi connectivity index (χ2n) is 10.8. The number of amides is 2. The Morgan fingerprint density at radius 3 is 2.68 bits per heavy atom. The minimum absolute atomic E-state index is 0.0135. The van der Waals surface area contributed by atoms with Gasteiger partial charge in [-0.25, -0.2) is 23.1 Å². The summed E-state index contributed by atoms with van der Waals surface area (Å²) in [7, 11) is 0. The Bertz CT molecular complexity index is 1850. The number of halogens is 4. The molecule has 44 heavy (non-hydrogen) atoms. The molecule has 0 unspecified atom stereocenters. The van der Waals surface area contributed by atoms with E-state index in [1.54, 1.807) is 22.0 Å². The molecule has 5 heterocycles. The molecule has 2 amide bonds. The molecule has 2 fully saturated rings. The average molecular weight is 626 g/mol. The van der Waals surface area contributed by atoms with Crippen LogP contribution in [0.15, 0.2) is 36.9 Å². The lowest BCUT2D eigenvalue weighted by Gasteiger charge is -2.21. The Morgan fingerprint density at radius 2 is 1.93 bits per heavy atom. The maximum absolute atomic E-state index is 14.8. The number of nitrogens with one attached hydrogen (secondary N) is 1. The summed E-state index contributed by atoms with van der Waals surface area (Å²) in [5.41, 5.74) is -0.456. The van der Waals surface area contributed by atoms with Crippen LogP contribution in [0.4, 0.5) is 24.7 Å². The summed E-state index contributed by atoms with van der Waals surface area (Å²) in [4.78, 5) is 40.3. The van der Waals surface area contributed by atoms with Gasteiger partial charge in [-0.05, 0) is 32.3 Å². The number of anilines is 2. The van der Waals surface area contributed by atoms with Crippen molar-refractivity contribution < 1.29 is 32.2 Å². The third-order valence-corrected chi connectivity index (χ3v) is 8.37. The van der Waals surface area contributed by atoms with E-state index in [-0.39, 0.29) is 40.7 Å². The molecule has 2 aliphatic heterocycles. The molecule has 3 atom stereocenters. The molecule has 1 aliphatic carbocycles. The molecular formula is C29H23ClF3N7O4. The van der Waals surface area contributed by atoms with Gasteiger partial charge in [0.15, 0.2) is 17.4 Å². The molecule has 1 saturated carbocycles. The summed E-state index contributed by atoms with van der Waals surface area (Å²) < 4.78 is 55.2. The second kappa shape index (κ2) is 10.5. The van der Waals surface area contributed by atoms with E-state index in [2.05, 4.69) is 25.4 Å². The van der Waals surface area contributed by atoms with Gasteiger partial charge in [-0.3, -0.25) is 24.2 Å². The van der Waals surface area contributed by atoms with Crippen molar-refractivity contribution in [1.82, 2.24) is 24.7 Å². The molecule has 7 rings (SSSR count). The molecular weight excluding hydrogens is 603 g/mol. The number of carbonyl (C=O) groups excluding carboxylic acids is 2. The molecule has 11 nitrogen and oxygen atoms in total. The number of piperidine rings is 1. The van der Waals surface area contributed by atoms with Crippen LogP contribution in [0, 0.1) is 24.6 Å². The fourth-order valence-electron chi connectivity index (χ4n) is 5.60. The minimum atomic E-state index is -3.01. The van der Waals surface area contributed by atoms with Gasteiger partial charge in [-0.1, -0.05) is 17.7 Å². The zero-order valence-corrected chi connectivity index (χ0v) is 24.0. The first-order chi connectivity index (χ1) is 21.1. The van der Waals surface area contributed by atoms with Crippen molar-refractivity contribution in [3.63, 3.8) is 0 Å². The number of hydrogen-bond acceptors (Lipinski definition) is 8. The van der Waals surface area contributed by atoms with Crippen molar-refractivity contribution in [3.8, 4) is 22.8 Å². The van der Waals surface area contributed by atoms with Gasteiger partial charge in [0, 0.05) is 41.5 Å². The van der Waals surface area contributed by atoms with Gasteiger partial charge in [0.25, 0.3) is 12.3 Å². The number of pyridine rings is 1. The summed E-state index contributed by atoms with van der Waals surface area (Å²) in [5, 5.41) is 6.67. The fraction of sp³-hybridized carbons (Fsp3) is 0.310. The summed E-state index contributed by atoms with van der Waals surface area (Å²) in [6.45, 7) is 3.96. The average Bonchev–Trinajstić information content (AvgIpc) is 3.29. The standard InChI is InChI=1S/C29H23ClF3N7O4/c1-12-23(38-20(8-34-12)21-16(26(32)33)3-4-19(30)22(21)31)28(41)37-15-6-36-40(10-15)13(2)18-7-35-27(25-24(18)43-11-44-25)39-9-14-5-17(14)29(39)42/h3-4,6-8,10,13-14,17,26H,5,9,11H2,1-2H3,(H,37,41)/t13-,14-,17-/m1/s1. The Balaban J connectivity index is 1.13. The van der Waals surface area contributed by atoms with E-state index in [9.17, 15) is 22.8 Å². The smallest absolute Gasteiger partial charge is 0.276 e. The van der Waals surface area contributed by atoms with E-state index in [4.69, 9.17) is 21.1 Å². The number of alkyl halides is 2. The number of aryl methyl sites for hydroxylation is 1. The number of aromatic nitrogens is 5. The van der Waals surface area contributed by atoms with Crippen molar-refractivity contribution in [3.05, 3.63) is 70.3 Å². The van der Waals surface area contributed by atoms with Crippen molar-refractivity contribution >= 4 is 34.9 Å².